The number of carboxylic acids is 1. The van der Waals surface area contributed by atoms with Crippen LogP contribution in [0.1, 0.15) is 91.9 Å². The van der Waals surface area contributed by atoms with Gasteiger partial charge in [0, 0.05) is 10.2 Å². The zero-order valence-corrected chi connectivity index (χ0v) is 19.8. The molecular weight excluding hydrogens is 398 g/mol. The highest BCUT2D eigenvalue weighted by Crippen LogP contribution is 2.40. The first-order valence-electron chi connectivity index (χ1n) is 13.2. The number of carbonyl (C=O) groups excluding carboxylic acids is 2. The number of nitrogens with one attached hydrogen (secondary N) is 1. The minimum Gasteiger partial charge on any atom is -0.480 e. The Morgan fingerprint density at radius 3 is 2.35 bits per heavy atom. The molecule has 2 aliphatic rings. The van der Waals surface area contributed by atoms with Crippen molar-refractivity contribution >= 4 is 17.8 Å². The van der Waals surface area contributed by atoms with Crippen molar-refractivity contribution in [3.05, 3.63) is 0 Å². The van der Waals surface area contributed by atoms with Crippen molar-refractivity contribution in [2.24, 2.45) is 11.8 Å². The fourth-order valence-electron chi connectivity index (χ4n) is 4.12. The molecule has 182 valence electrons. The first-order valence-corrected chi connectivity index (χ1v) is 11.2. The molecule has 31 heavy (non-hydrogen) atoms. The number of hydrogen-bond donors (Lipinski definition) is 3. The molecule has 8 nitrogen and oxygen atoms in total. The molecule has 1 aliphatic heterocycles. The number of carbonyl (C=O) groups is 3. The predicted octanol–water partition coefficient (Wildman–Crippen LogP) is 3.76. The molecule has 0 spiro atoms. The Bertz CT molecular complexity index is 704. The lowest BCUT2D eigenvalue weighted by Crippen LogP contribution is -2.55. The number of fused-ring (bicyclic) bond motifs is 1. The highest BCUT2D eigenvalue weighted by molar-refractivity contribution is 5.88. The third-order valence-corrected chi connectivity index (χ3v) is 5.29. The molecule has 1 amide bonds. The fourth-order valence-corrected chi connectivity index (χ4v) is 4.12. The number of nitrogens with zero attached hydrogens (tertiary/aromatic N) is 1. The van der Waals surface area contributed by atoms with Crippen LogP contribution in [-0.2, 0) is 19.1 Å². The fraction of sp³-hybridized carbons (Fsp3) is 0.870. The van der Waals surface area contributed by atoms with Crippen LogP contribution in [0.4, 0.5) is 0 Å². The quantitative estimate of drug-likeness (QED) is 0.483. The molecule has 0 aromatic rings. The predicted molar refractivity (Wildman–Crippen MR) is 122 cm³/mol. The first-order chi connectivity index (χ1) is 15.7. The molecular formula is C23H45N3O5. The van der Waals surface area contributed by atoms with E-state index in [-0.39, 0.29) is 31.5 Å². The van der Waals surface area contributed by atoms with Gasteiger partial charge in [-0.05, 0) is 51.3 Å². The van der Waals surface area contributed by atoms with Crippen LogP contribution in [0.15, 0.2) is 0 Å². The van der Waals surface area contributed by atoms with Gasteiger partial charge >= 0.3 is 11.9 Å². The minimum atomic E-state index is -3.13. The lowest BCUT2D eigenvalue weighted by molar-refractivity contribution is -0.152. The lowest BCUT2D eigenvalue weighted by atomic mass is 9.84. The molecule has 2 rings (SSSR count). The van der Waals surface area contributed by atoms with Gasteiger partial charge in [0.25, 0.3) is 0 Å². The maximum absolute atomic E-state index is 13.5. The van der Waals surface area contributed by atoms with Gasteiger partial charge < -0.3 is 20.9 Å². The molecule has 0 aromatic carbocycles. The van der Waals surface area contributed by atoms with Gasteiger partial charge in [-0.15, -0.1) is 0 Å². The van der Waals surface area contributed by atoms with E-state index in [2.05, 4.69) is 26.1 Å². The van der Waals surface area contributed by atoms with E-state index in [1.165, 1.54) is 0 Å². The number of ether oxygens (including phenoxy) is 1. The summed E-state index contributed by atoms with van der Waals surface area (Å²) in [7, 11) is 0. The summed E-state index contributed by atoms with van der Waals surface area (Å²) in [6.07, 6.45) is 4.01. The van der Waals surface area contributed by atoms with Gasteiger partial charge in [-0.25, -0.2) is 4.79 Å². The number of rotatable bonds is 8. The molecule has 8 heteroatoms. The van der Waals surface area contributed by atoms with E-state index in [9.17, 15) is 19.5 Å². The largest absolute Gasteiger partial charge is 0.480 e. The monoisotopic (exact) mass is 447 g/mol. The average Bonchev–Trinajstić information content (AvgIpc) is 3.11. The third kappa shape index (κ3) is 8.77. The van der Waals surface area contributed by atoms with Gasteiger partial charge in [-0.3, -0.25) is 14.9 Å². The van der Waals surface area contributed by atoms with Crippen molar-refractivity contribution in [2.45, 2.75) is 111 Å². The lowest BCUT2D eigenvalue weighted by Gasteiger charge is -2.35. The summed E-state index contributed by atoms with van der Waals surface area (Å²) in [5.41, 5.74) is 0. The van der Waals surface area contributed by atoms with Crippen LogP contribution >= 0.6 is 0 Å². The summed E-state index contributed by atoms with van der Waals surface area (Å²) in [4.78, 5) is 38.8. The Morgan fingerprint density at radius 2 is 1.84 bits per heavy atom. The maximum Gasteiger partial charge on any atom is 0.326 e. The zero-order chi connectivity index (χ0) is 26.3. The first kappa shape index (κ1) is 22.5. The molecule has 5 atom stereocenters. The standard InChI is InChI=1S/C19H32N2O5.C4H10.H3N/c1-4-8-14(19(25)26-5-2)20-12(3)17(22)21-15-10-7-6-9-13(15)11-16(21)18(23)24;1-4(2)3;/h12-16,20H,4-11H2,1-3H3,(H,23,24);4H,1-3H3;1H3/t12-,13-,14-,15-,16-;;/m0../s1/i3D3,12D;;. The smallest absolute Gasteiger partial charge is 0.326 e. The van der Waals surface area contributed by atoms with Gasteiger partial charge in [0.05, 0.1) is 14.0 Å². The molecule has 1 heterocycles. The van der Waals surface area contributed by atoms with Crippen LogP contribution in [0.2, 0.25) is 0 Å². The average molecular weight is 448 g/mol. The van der Waals surface area contributed by atoms with Crippen molar-refractivity contribution in [3.63, 3.8) is 0 Å². The number of likely N-dealkylation sites (tertiary alicyclic amines) is 1. The van der Waals surface area contributed by atoms with Gasteiger partial charge in [-0.2, -0.15) is 0 Å². The van der Waals surface area contributed by atoms with E-state index >= 15 is 0 Å². The molecule has 0 bridgehead atoms. The van der Waals surface area contributed by atoms with Gasteiger partial charge in [0.1, 0.15) is 12.1 Å². The Morgan fingerprint density at radius 1 is 1.23 bits per heavy atom. The molecule has 1 saturated heterocycles. The number of aliphatic carboxylic acids is 1. The summed E-state index contributed by atoms with van der Waals surface area (Å²) < 4.78 is 37.3. The van der Waals surface area contributed by atoms with Crippen molar-refractivity contribution in [1.82, 2.24) is 16.4 Å². The van der Waals surface area contributed by atoms with E-state index < -0.39 is 48.8 Å². The van der Waals surface area contributed by atoms with Crippen LogP contribution in [-0.4, -0.2) is 58.6 Å². The second-order valence-electron chi connectivity index (χ2n) is 8.76. The molecule has 0 unspecified atom stereocenters. The summed E-state index contributed by atoms with van der Waals surface area (Å²) >= 11 is 0. The van der Waals surface area contributed by atoms with Crippen molar-refractivity contribution in [2.75, 3.05) is 6.61 Å². The highest BCUT2D eigenvalue weighted by Gasteiger charge is 2.48. The van der Waals surface area contributed by atoms with Crippen molar-refractivity contribution < 1.29 is 29.7 Å². The van der Waals surface area contributed by atoms with E-state index in [0.717, 1.165) is 30.1 Å². The molecule has 0 aromatic heterocycles. The third-order valence-electron chi connectivity index (χ3n) is 5.29. The van der Waals surface area contributed by atoms with E-state index in [1.54, 1.807) is 13.8 Å². The Hall–Kier alpha value is -1.67. The van der Waals surface area contributed by atoms with Crippen LogP contribution in [0, 0.1) is 11.8 Å². The molecule has 1 saturated carbocycles. The van der Waals surface area contributed by atoms with Gasteiger partial charge in [0.15, 0.2) is 0 Å². The zero-order valence-electron chi connectivity index (χ0n) is 23.8. The second kappa shape index (κ2) is 14.4. The van der Waals surface area contributed by atoms with Gasteiger partial charge in [-0.1, -0.05) is 47.0 Å². The molecule has 5 N–H and O–H groups in total. The maximum atomic E-state index is 13.5. The van der Waals surface area contributed by atoms with E-state index in [0.29, 0.717) is 12.8 Å². The second-order valence-corrected chi connectivity index (χ2v) is 8.76. The number of hydrogen-bond acceptors (Lipinski definition) is 6. The summed E-state index contributed by atoms with van der Waals surface area (Å²) in [6, 6.07) is -5.61. The summed E-state index contributed by atoms with van der Waals surface area (Å²) in [5.74, 6) is -2.25. The summed E-state index contributed by atoms with van der Waals surface area (Å²) in [5, 5.41) is 12.1. The number of amides is 1. The minimum absolute atomic E-state index is 0. The number of esters is 1. The van der Waals surface area contributed by atoms with Crippen LogP contribution in [0.25, 0.3) is 0 Å². The Kier molecular flexibility index (Phi) is 10.5. The van der Waals surface area contributed by atoms with Crippen molar-refractivity contribution in [3.8, 4) is 0 Å². The normalized spacial score (nSPS) is 27.5. The van der Waals surface area contributed by atoms with Crippen molar-refractivity contribution in [1.29, 1.82) is 0 Å². The Balaban J connectivity index is 0.00000214. The van der Waals surface area contributed by atoms with Crippen LogP contribution in [0.3, 0.4) is 0 Å². The molecule has 2 fully saturated rings. The summed E-state index contributed by atoms with van der Waals surface area (Å²) in [6.45, 7) is 6.84. The van der Waals surface area contributed by atoms with Crippen LogP contribution in [0.5, 0.6) is 0 Å². The highest BCUT2D eigenvalue weighted by atomic mass is 16.5. The SMILES string of the molecule is CC(C)C.N.[2H]C([2H])([2H])[C@]([2H])(N[C@@H](CCC)C(=O)OCC)C(=O)N1[C@H](C(=O)O)C[C@@H]2CCCC[C@@H]21. The molecule has 1 aliphatic carbocycles. The van der Waals surface area contributed by atoms with Crippen LogP contribution < -0.4 is 11.5 Å². The van der Waals surface area contributed by atoms with E-state index in [4.69, 9.17) is 10.2 Å². The molecule has 0 radical (unpaired) electrons. The number of carboxylic acid groups (broad SMARTS) is 1. The topological polar surface area (TPSA) is 131 Å². The Labute approximate surface area is 193 Å². The van der Waals surface area contributed by atoms with E-state index in [1.807, 2.05) is 0 Å². The van der Waals surface area contributed by atoms with Gasteiger partial charge in [0.2, 0.25) is 5.91 Å².